The van der Waals surface area contributed by atoms with Crippen molar-refractivity contribution in [2.75, 3.05) is 17.7 Å². The highest BCUT2D eigenvalue weighted by Crippen LogP contribution is 2.22. The highest BCUT2D eigenvalue weighted by molar-refractivity contribution is 6.01. The first-order chi connectivity index (χ1) is 14.5. The van der Waals surface area contributed by atoms with Crippen LogP contribution < -0.4 is 21.3 Å². The molecule has 7 heteroatoms. The Labute approximate surface area is 184 Å². The Balaban J connectivity index is 2.05. The minimum atomic E-state index is -0.696. The van der Waals surface area contributed by atoms with Gasteiger partial charge in [-0.05, 0) is 53.3 Å². The topological polar surface area (TPSA) is 99.3 Å². The molecule has 4 amide bonds. The average Bonchev–Trinajstić information content (AvgIpc) is 2.72. The van der Waals surface area contributed by atoms with Crippen molar-refractivity contribution in [3.8, 4) is 0 Å². The lowest BCUT2D eigenvalue weighted by atomic mass is 9.86. The molecule has 0 bridgehead atoms. The summed E-state index contributed by atoms with van der Waals surface area (Å²) >= 11 is 0. The van der Waals surface area contributed by atoms with Crippen molar-refractivity contribution in [3.05, 3.63) is 59.7 Å². The molecule has 0 saturated carbocycles. The normalized spacial score (nSPS) is 12.1. The molecule has 0 spiro atoms. The second kappa shape index (κ2) is 10.1. The van der Waals surface area contributed by atoms with Gasteiger partial charge in [-0.3, -0.25) is 9.59 Å². The van der Waals surface area contributed by atoms with Gasteiger partial charge >= 0.3 is 6.03 Å². The van der Waals surface area contributed by atoms with Crippen LogP contribution in [0.2, 0.25) is 0 Å². The molecule has 1 atom stereocenters. The number of nitrogens with one attached hydrogen (secondary N) is 4. The summed E-state index contributed by atoms with van der Waals surface area (Å²) in [5.74, 6) is -0.701. The van der Waals surface area contributed by atoms with Gasteiger partial charge in [-0.1, -0.05) is 46.8 Å². The van der Waals surface area contributed by atoms with Crippen molar-refractivity contribution in [2.24, 2.45) is 5.92 Å². The molecule has 166 valence electrons. The third-order valence-electron chi connectivity index (χ3n) is 4.89. The molecule has 7 nitrogen and oxygen atoms in total. The minimum Gasteiger partial charge on any atom is -0.341 e. The van der Waals surface area contributed by atoms with E-state index in [1.165, 1.54) is 7.05 Å². The van der Waals surface area contributed by atoms with E-state index in [-0.39, 0.29) is 29.2 Å². The third kappa shape index (κ3) is 6.84. The van der Waals surface area contributed by atoms with E-state index in [2.05, 4.69) is 42.0 Å². The van der Waals surface area contributed by atoms with Crippen LogP contribution in [0.5, 0.6) is 0 Å². The maximum absolute atomic E-state index is 12.8. The number of urea groups is 1. The number of anilines is 2. The van der Waals surface area contributed by atoms with E-state index in [0.29, 0.717) is 16.9 Å². The second-order valence-corrected chi connectivity index (χ2v) is 8.79. The largest absolute Gasteiger partial charge is 0.341 e. The molecule has 0 aliphatic rings. The highest BCUT2D eigenvalue weighted by atomic mass is 16.2. The van der Waals surface area contributed by atoms with Crippen LogP contribution in [0.15, 0.2) is 48.5 Å². The predicted octanol–water partition coefficient (Wildman–Crippen LogP) is 4.13. The Morgan fingerprint density at radius 2 is 1.32 bits per heavy atom. The van der Waals surface area contributed by atoms with Crippen molar-refractivity contribution in [2.45, 2.75) is 46.1 Å². The Hall–Kier alpha value is -3.35. The Kier molecular flexibility index (Phi) is 7.80. The maximum atomic E-state index is 12.8. The lowest BCUT2D eigenvalue weighted by molar-refractivity contribution is -0.118. The molecule has 2 aromatic carbocycles. The Bertz CT molecular complexity index is 913. The number of hydrogen-bond donors (Lipinski definition) is 4. The van der Waals surface area contributed by atoms with Crippen LogP contribution in [0, 0.1) is 5.92 Å². The lowest BCUT2D eigenvalue weighted by Gasteiger charge is -2.22. The lowest BCUT2D eigenvalue weighted by Crippen LogP contribution is -2.47. The van der Waals surface area contributed by atoms with E-state index >= 15 is 0 Å². The summed E-state index contributed by atoms with van der Waals surface area (Å²) in [7, 11) is 1.53. The molecule has 0 aromatic heterocycles. The van der Waals surface area contributed by atoms with Crippen LogP contribution in [0.25, 0.3) is 0 Å². The smallest absolute Gasteiger partial charge is 0.318 e. The standard InChI is InChI=1S/C24H32N4O3/c1-15(2)20(28-21(29)16-7-9-17(10-8-16)24(3,4)5)22(30)26-18-11-13-19(14-12-18)27-23(31)25-6/h7-15,20H,1-6H3,(H,26,30)(H,28,29)(H2,25,27,31). The van der Waals surface area contributed by atoms with Gasteiger partial charge in [0.2, 0.25) is 5.91 Å². The first-order valence-corrected chi connectivity index (χ1v) is 10.3. The fourth-order valence-electron chi connectivity index (χ4n) is 2.93. The Morgan fingerprint density at radius 3 is 1.77 bits per heavy atom. The van der Waals surface area contributed by atoms with Gasteiger partial charge in [0.05, 0.1) is 0 Å². The van der Waals surface area contributed by atoms with Crippen LogP contribution in [-0.2, 0) is 10.2 Å². The quantitative estimate of drug-likeness (QED) is 0.561. The van der Waals surface area contributed by atoms with E-state index in [4.69, 9.17) is 0 Å². The second-order valence-electron chi connectivity index (χ2n) is 8.79. The van der Waals surface area contributed by atoms with E-state index < -0.39 is 6.04 Å². The SMILES string of the molecule is CNC(=O)Nc1ccc(NC(=O)C(NC(=O)c2ccc(C(C)(C)C)cc2)C(C)C)cc1. The molecule has 4 N–H and O–H groups in total. The van der Waals surface area contributed by atoms with Gasteiger partial charge in [-0.15, -0.1) is 0 Å². The number of carbonyl (C=O) groups excluding carboxylic acids is 3. The van der Waals surface area contributed by atoms with Gasteiger partial charge in [0.25, 0.3) is 5.91 Å². The number of carbonyl (C=O) groups is 3. The van der Waals surface area contributed by atoms with E-state index in [1.807, 2.05) is 26.0 Å². The van der Waals surface area contributed by atoms with Gasteiger partial charge < -0.3 is 21.3 Å². The van der Waals surface area contributed by atoms with Gasteiger partial charge in [0.15, 0.2) is 0 Å². The molecular formula is C24H32N4O3. The molecule has 0 saturated heterocycles. The molecule has 1 unspecified atom stereocenters. The van der Waals surface area contributed by atoms with Gasteiger partial charge in [0, 0.05) is 24.0 Å². The van der Waals surface area contributed by atoms with Crippen LogP contribution in [-0.4, -0.2) is 30.9 Å². The predicted molar refractivity (Wildman–Crippen MR) is 124 cm³/mol. The third-order valence-corrected chi connectivity index (χ3v) is 4.89. The van der Waals surface area contributed by atoms with E-state index in [0.717, 1.165) is 5.56 Å². The number of amides is 4. The fourth-order valence-corrected chi connectivity index (χ4v) is 2.93. The molecule has 31 heavy (non-hydrogen) atoms. The van der Waals surface area contributed by atoms with Crippen LogP contribution in [0.1, 0.15) is 50.5 Å². The van der Waals surface area contributed by atoms with Crippen molar-refractivity contribution >= 4 is 29.2 Å². The van der Waals surface area contributed by atoms with Gasteiger partial charge in [-0.25, -0.2) is 4.79 Å². The summed E-state index contributed by atoms with van der Waals surface area (Å²) in [5.41, 5.74) is 2.82. The van der Waals surface area contributed by atoms with Crippen LogP contribution in [0.3, 0.4) is 0 Å². The summed E-state index contributed by atoms with van der Waals surface area (Å²) in [6, 6.07) is 13.2. The zero-order valence-electron chi connectivity index (χ0n) is 19.0. The molecule has 2 rings (SSSR count). The zero-order chi connectivity index (χ0) is 23.2. The van der Waals surface area contributed by atoms with Crippen molar-refractivity contribution in [1.82, 2.24) is 10.6 Å². The molecule has 0 heterocycles. The monoisotopic (exact) mass is 424 g/mol. The molecule has 0 radical (unpaired) electrons. The van der Waals surface area contributed by atoms with Crippen molar-refractivity contribution in [3.63, 3.8) is 0 Å². The summed E-state index contributed by atoms with van der Waals surface area (Å²) in [6.07, 6.45) is 0. The molecule has 0 fully saturated rings. The van der Waals surface area contributed by atoms with Gasteiger partial charge in [-0.2, -0.15) is 0 Å². The summed E-state index contributed by atoms with van der Waals surface area (Å²) in [5, 5.41) is 10.8. The average molecular weight is 425 g/mol. The molecule has 0 aliphatic heterocycles. The number of benzene rings is 2. The number of hydrogen-bond acceptors (Lipinski definition) is 3. The molecule has 2 aromatic rings. The first-order valence-electron chi connectivity index (χ1n) is 10.3. The molecule has 0 aliphatic carbocycles. The highest BCUT2D eigenvalue weighted by Gasteiger charge is 2.25. The summed E-state index contributed by atoms with van der Waals surface area (Å²) < 4.78 is 0. The fraction of sp³-hybridized carbons (Fsp3) is 0.375. The number of rotatable bonds is 6. The summed E-state index contributed by atoms with van der Waals surface area (Å²) in [6.45, 7) is 10.1. The summed E-state index contributed by atoms with van der Waals surface area (Å²) in [4.78, 5) is 36.9. The first kappa shape index (κ1) is 23.9. The van der Waals surface area contributed by atoms with E-state index in [1.54, 1.807) is 36.4 Å². The van der Waals surface area contributed by atoms with Crippen molar-refractivity contribution in [1.29, 1.82) is 0 Å². The van der Waals surface area contributed by atoms with Crippen LogP contribution >= 0.6 is 0 Å². The zero-order valence-corrected chi connectivity index (χ0v) is 19.0. The van der Waals surface area contributed by atoms with Crippen LogP contribution in [0.4, 0.5) is 16.2 Å². The molecular weight excluding hydrogens is 392 g/mol. The Morgan fingerprint density at radius 1 is 0.806 bits per heavy atom. The maximum Gasteiger partial charge on any atom is 0.318 e. The van der Waals surface area contributed by atoms with Gasteiger partial charge in [0.1, 0.15) is 6.04 Å². The van der Waals surface area contributed by atoms with E-state index in [9.17, 15) is 14.4 Å². The van der Waals surface area contributed by atoms with Crippen molar-refractivity contribution < 1.29 is 14.4 Å². The minimum absolute atomic E-state index is 0.000763.